The van der Waals surface area contributed by atoms with Crippen LogP contribution in [0.15, 0.2) is 79.0 Å². The fraction of sp³-hybridized carbons (Fsp3) is 0.0714. The van der Waals surface area contributed by atoms with E-state index in [1.807, 2.05) is 19.1 Å². The van der Waals surface area contributed by atoms with Gasteiger partial charge in [0, 0.05) is 11.8 Å². The highest BCUT2D eigenvalue weighted by molar-refractivity contribution is 6.11. The predicted molar refractivity (Wildman–Crippen MR) is 70.1 cm³/mol. The maximum absolute atomic E-state index is 4.14. The summed E-state index contributed by atoms with van der Waals surface area (Å²) in [6, 6.07) is 0. The molecule has 1 nitrogen and oxygen atoms in total. The minimum Gasteiger partial charge on any atom is -0.257 e. The van der Waals surface area contributed by atoms with Gasteiger partial charge in [-0.15, -0.1) is 0 Å². The van der Waals surface area contributed by atoms with Crippen molar-refractivity contribution in [3.63, 3.8) is 0 Å². The van der Waals surface area contributed by atoms with Gasteiger partial charge in [0.05, 0.1) is 5.71 Å². The van der Waals surface area contributed by atoms with Crippen LogP contribution in [-0.4, -0.2) is 5.71 Å². The maximum atomic E-state index is 4.14. The highest BCUT2D eigenvalue weighted by Gasteiger charge is 2.01. The van der Waals surface area contributed by atoms with E-state index in [9.17, 15) is 0 Å². The van der Waals surface area contributed by atoms with Crippen molar-refractivity contribution in [2.45, 2.75) is 6.92 Å². The lowest BCUT2D eigenvalue weighted by molar-refractivity contribution is 1.46. The standard InChI is InChI=1S/C14H17N/c1-6-10-11-13(12(5)7-2)14(8-3)15-9-4/h6-11H,1-4H2,5H3/b11-10-,13-12-,15-14?. The molecule has 0 atom stereocenters. The van der Waals surface area contributed by atoms with E-state index in [-0.39, 0.29) is 0 Å². The average molecular weight is 199 g/mol. The van der Waals surface area contributed by atoms with Crippen LogP contribution in [0.4, 0.5) is 0 Å². The van der Waals surface area contributed by atoms with Gasteiger partial charge in [0.25, 0.3) is 0 Å². The number of rotatable bonds is 6. The lowest BCUT2D eigenvalue weighted by atomic mass is 10.0. The molecule has 0 aromatic heterocycles. The SMILES string of the molecule is C=C/C=C\C(C(C=C)=NC=C)=C(/C)C=C. The van der Waals surface area contributed by atoms with Gasteiger partial charge >= 0.3 is 0 Å². The topological polar surface area (TPSA) is 12.4 Å². The smallest absolute Gasteiger partial charge is 0.0698 e. The Bertz CT molecular complexity index is 352. The summed E-state index contributed by atoms with van der Waals surface area (Å²) in [7, 11) is 0. The molecule has 0 radical (unpaired) electrons. The molecule has 0 aromatic rings. The first-order valence-electron chi connectivity index (χ1n) is 4.65. The van der Waals surface area contributed by atoms with Crippen LogP contribution in [0, 0.1) is 0 Å². The van der Waals surface area contributed by atoms with Gasteiger partial charge in [0.15, 0.2) is 0 Å². The summed E-state index contributed by atoms with van der Waals surface area (Å²) in [5.74, 6) is 0. The van der Waals surface area contributed by atoms with Crippen molar-refractivity contribution in [1.29, 1.82) is 0 Å². The number of hydrogen-bond acceptors (Lipinski definition) is 1. The van der Waals surface area contributed by atoms with E-state index in [1.54, 1.807) is 18.2 Å². The van der Waals surface area contributed by atoms with E-state index in [0.29, 0.717) is 0 Å². The molecule has 0 N–H and O–H groups in total. The molecule has 0 fully saturated rings. The summed E-state index contributed by atoms with van der Waals surface area (Å²) >= 11 is 0. The van der Waals surface area contributed by atoms with Crippen molar-refractivity contribution in [1.82, 2.24) is 0 Å². The molecule has 0 aliphatic rings. The zero-order valence-corrected chi connectivity index (χ0v) is 9.24. The molecule has 0 saturated heterocycles. The molecule has 0 aromatic carbocycles. The first kappa shape index (κ1) is 13.1. The molecule has 0 rings (SSSR count). The van der Waals surface area contributed by atoms with Crippen LogP contribution < -0.4 is 0 Å². The Hall–Kier alpha value is -1.89. The van der Waals surface area contributed by atoms with E-state index in [4.69, 9.17) is 0 Å². The molecule has 0 bridgehead atoms. The first-order chi connectivity index (χ1) is 7.21. The molecule has 0 saturated carbocycles. The van der Waals surface area contributed by atoms with E-state index in [2.05, 4.69) is 31.3 Å². The highest BCUT2D eigenvalue weighted by atomic mass is 14.7. The predicted octanol–water partition coefficient (Wildman–Crippen LogP) is 4.00. The molecule has 78 valence electrons. The zero-order valence-electron chi connectivity index (χ0n) is 9.24. The third-order valence-electron chi connectivity index (χ3n) is 1.83. The molecule has 0 amide bonds. The molecule has 0 heterocycles. The summed E-state index contributed by atoms with van der Waals surface area (Å²) < 4.78 is 0. The second kappa shape index (κ2) is 7.51. The van der Waals surface area contributed by atoms with Crippen LogP contribution in [0.2, 0.25) is 0 Å². The van der Waals surface area contributed by atoms with Crippen molar-refractivity contribution in [2.24, 2.45) is 4.99 Å². The minimum atomic E-state index is 0.778. The molecule has 0 unspecified atom stereocenters. The quantitative estimate of drug-likeness (QED) is 0.453. The van der Waals surface area contributed by atoms with Gasteiger partial charge in [-0.2, -0.15) is 0 Å². The van der Waals surface area contributed by atoms with Gasteiger partial charge in [-0.05, 0) is 18.6 Å². The van der Waals surface area contributed by atoms with Gasteiger partial charge in [-0.1, -0.05) is 50.6 Å². The second-order valence-corrected chi connectivity index (χ2v) is 2.80. The van der Waals surface area contributed by atoms with Crippen LogP contribution in [0.25, 0.3) is 0 Å². The average Bonchev–Trinajstić information content (AvgIpc) is 2.27. The van der Waals surface area contributed by atoms with E-state index in [0.717, 1.165) is 16.9 Å². The Morgan fingerprint density at radius 3 is 2.13 bits per heavy atom. The highest BCUT2D eigenvalue weighted by Crippen LogP contribution is 2.11. The largest absolute Gasteiger partial charge is 0.257 e. The van der Waals surface area contributed by atoms with Crippen molar-refractivity contribution in [3.8, 4) is 0 Å². The summed E-state index contributed by atoms with van der Waals surface area (Å²) in [6.45, 7) is 16.6. The van der Waals surface area contributed by atoms with E-state index >= 15 is 0 Å². The molecule has 1 heteroatoms. The van der Waals surface area contributed by atoms with Gasteiger partial charge in [0.2, 0.25) is 0 Å². The van der Waals surface area contributed by atoms with Crippen LogP contribution >= 0.6 is 0 Å². The van der Waals surface area contributed by atoms with E-state index in [1.165, 1.54) is 6.20 Å². The van der Waals surface area contributed by atoms with E-state index < -0.39 is 0 Å². The number of nitrogens with zero attached hydrogens (tertiary/aromatic N) is 1. The summed E-state index contributed by atoms with van der Waals surface area (Å²) in [5.41, 5.74) is 2.79. The Labute approximate surface area is 92.2 Å². The molecular formula is C14H17N. The minimum absolute atomic E-state index is 0.778. The fourth-order valence-electron chi connectivity index (χ4n) is 1.02. The number of aliphatic imine (C=N–C) groups is 1. The fourth-order valence-corrected chi connectivity index (χ4v) is 1.02. The van der Waals surface area contributed by atoms with Gasteiger partial charge in [-0.25, -0.2) is 0 Å². The molecule has 15 heavy (non-hydrogen) atoms. The zero-order chi connectivity index (χ0) is 11.7. The first-order valence-corrected chi connectivity index (χ1v) is 4.65. The van der Waals surface area contributed by atoms with Gasteiger partial charge in [-0.3, -0.25) is 4.99 Å². The molecule has 0 spiro atoms. The normalized spacial score (nSPS) is 13.3. The van der Waals surface area contributed by atoms with Crippen molar-refractivity contribution in [2.75, 3.05) is 0 Å². The summed E-state index contributed by atoms with van der Waals surface area (Å²) in [6.07, 6.45) is 10.5. The van der Waals surface area contributed by atoms with Gasteiger partial charge < -0.3 is 0 Å². The lowest BCUT2D eigenvalue weighted by Crippen LogP contribution is -1.98. The van der Waals surface area contributed by atoms with Crippen molar-refractivity contribution >= 4 is 5.71 Å². The Morgan fingerprint density at radius 2 is 1.73 bits per heavy atom. The van der Waals surface area contributed by atoms with Crippen LogP contribution in [0.5, 0.6) is 0 Å². The monoisotopic (exact) mass is 199 g/mol. The lowest BCUT2D eigenvalue weighted by Gasteiger charge is -2.04. The summed E-state index contributed by atoms with van der Waals surface area (Å²) in [5, 5.41) is 0. The molecule has 0 aliphatic heterocycles. The molecular weight excluding hydrogens is 182 g/mol. The van der Waals surface area contributed by atoms with Crippen LogP contribution in [0.3, 0.4) is 0 Å². The number of hydrogen-bond donors (Lipinski definition) is 0. The van der Waals surface area contributed by atoms with Gasteiger partial charge in [0.1, 0.15) is 0 Å². The Balaban J connectivity index is 5.45. The van der Waals surface area contributed by atoms with Crippen LogP contribution in [0.1, 0.15) is 6.92 Å². The van der Waals surface area contributed by atoms with Crippen molar-refractivity contribution in [3.05, 3.63) is 74.0 Å². The maximum Gasteiger partial charge on any atom is 0.0698 e. The Morgan fingerprint density at radius 1 is 1.07 bits per heavy atom. The number of allylic oxidation sites excluding steroid dienone is 7. The van der Waals surface area contributed by atoms with Crippen LogP contribution in [-0.2, 0) is 0 Å². The third-order valence-corrected chi connectivity index (χ3v) is 1.83. The molecule has 0 aliphatic carbocycles. The third kappa shape index (κ3) is 4.23. The summed E-state index contributed by atoms with van der Waals surface area (Å²) in [4.78, 5) is 4.14. The van der Waals surface area contributed by atoms with Crippen molar-refractivity contribution < 1.29 is 0 Å². The Kier molecular flexibility index (Phi) is 6.56. The second-order valence-electron chi connectivity index (χ2n) is 2.80.